The smallest absolute Gasteiger partial charge is 0.178 e. The number of para-hydroxylation sites is 1. The van der Waals surface area contributed by atoms with Crippen LogP contribution < -0.4 is 0 Å². The lowest BCUT2D eigenvalue weighted by Gasteiger charge is -2.05. The second-order valence-corrected chi connectivity index (χ2v) is 4.70. The lowest BCUT2D eigenvalue weighted by atomic mass is 10.3. The van der Waals surface area contributed by atoms with E-state index < -0.39 is 0 Å². The molecule has 0 atom stereocenters. The molecule has 2 aromatic rings. The van der Waals surface area contributed by atoms with Crippen LogP contribution in [0.25, 0.3) is 11.0 Å². The first-order valence-corrected chi connectivity index (χ1v) is 6.58. The van der Waals surface area contributed by atoms with Gasteiger partial charge in [-0.05, 0) is 30.8 Å². The van der Waals surface area contributed by atoms with Crippen molar-refractivity contribution >= 4 is 34.9 Å². The minimum absolute atomic E-state index is 0.627. The van der Waals surface area contributed by atoms with E-state index in [1.54, 1.807) is 0 Å². The molecular weight excluding hydrogens is 268 g/mol. The van der Waals surface area contributed by atoms with Crippen LogP contribution in [0.4, 0.5) is 0 Å². The van der Waals surface area contributed by atoms with Crippen LogP contribution in [-0.4, -0.2) is 22.8 Å². The number of aromatic amines is 1. The SMILES string of the molecule is C=CCCOCCn1c(=S)[nH]c2c(Cl)cccc21. The van der Waals surface area contributed by atoms with E-state index in [1.165, 1.54) is 0 Å². The number of rotatable bonds is 6. The number of aromatic nitrogens is 2. The van der Waals surface area contributed by atoms with Gasteiger partial charge in [-0.2, -0.15) is 0 Å². The number of imidazole rings is 1. The van der Waals surface area contributed by atoms with Crippen molar-refractivity contribution in [3.8, 4) is 0 Å². The molecule has 0 saturated heterocycles. The van der Waals surface area contributed by atoms with Crippen LogP contribution in [0.1, 0.15) is 6.42 Å². The van der Waals surface area contributed by atoms with Gasteiger partial charge in [0, 0.05) is 6.54 Å². The number of hydrogen-bond acceptors (Lipinski definition) is 2. The standard InChI is InChI=1S/C13H15ClN2OS/c1-2-3-8-17-9-7-16-11-6-4-5-10(14)12(11)15-13(16)18/h2,4-6H,1,3,7-9H2,(H,15,18). The number of H-pyrrole nitrogens is 1. The van der Waals surface area contributed by atoms with Crippen LogP contribution in [-0.2, 0) is 11.3 Å². The Bertz CT molecular complexity index is 603. The molecule has 18 heavy (non-hydrogen) atoms. The lowest BCUT2D eigenvalue weighted by Crippen LogP contribution is -2.06. The van der Waals surface area contributed by atoms with Crippen LogP contribution in [0.2, 0.25) is 5.02 Å². The Morgan fingerprint density at radius 1 is 1.44 bits per heavy atom. The zero-order chi connectivity index (χ0) is 13.0. The van der Waals surface area contributed by atoms with Crippen LogP contribution in [0, 0.1) is 4.77 Å². The highest BCUT2D eigenvalue weighted by Gasteiger charge is 2.06. The molecule has 0 amide bonds. The summed E-state index contributed by atoms with van der Waals surface area (Å²) in [5.41, 5.74) is 1.90. The van der Waals surface area contributed by atoms with Crippen molar-refractivity contribution in [1.82, 2.24) is 9.55 Å². The Morgan fingerprint density at radius 3 is 3.06 bits per heavy atom. The maximum Gasteiger partial charge on any atom is 0.178 e. The van der Waals surface area contributed by atoms with Crippen molar-refractivity contribution < 1.29 is 4.74 Å². The van der Waals surface area contributed by atoms with Gasteiger partial charge in [-0.1, -0.05) is 23.7 Å². The largest absolute Gasteiger partial charge is 0.379 e. The van der Waals surface area contributed by atoms with Gasteiger partial charge in [0.2, 0.25) is 0 Å². The highest BCUT2D eigenvalue weighted by molar-refractivity contribution is 7.71. The molecule has 0 aliphatic carbocycles. The Kier molecular flexibility index (Phi) is 4.58. The third-order valence-electron chi connectivity index (χ3n) is 2.69. The van der Waals surface area contributed by atoms with Gasteiger partial charge in [0.1, 0.15) is 0 Å². The monoisotopic (exact) mass is 282 g/mol. The van der Waals surface area contributed by atoms with Crippen molar-refractivity contribution in [3.05, 3.63) is 40.6 Å². The molecule has 5 heteroatoms. The average Bonchev–Trinajstić information content (AvgIpc) is 2.68. The summed E-state index contributed by atoms with van der Waals surface area (Å²) in [4.78, 5) is 3.12. The fourth-order valence-electron chi connectivity index (χ4n) is 1.79. The first-order valence-electron chi connectivity index (χ1n) is 5.79. The fourth-order valence-corrected chi connectivity index (χ4v) is 2.30. The molecule has 0 saturated carbocycles. The first kappa shape index (κ1) is 13.3. The molecule has 1 heterocycles. The summed E-state index contributed by atoms with van der Waals surface area (Å²) in [6.07, 6.45) is 2.71. The Morgan fingerprint density at radius 2 is 2.28 bits per heavy atom. The number of ether oxygens (including phenoxy) is 1. The van der Waals surface area contributed by atoms with E-state index in [4.69, 9.17) is 28.6 Å². The second kappa shape index (κ2) is 6.18. The Labute approximate surface area is 116 Å². The summed E-state index contributed by atoms with van der Waals surface area (Å²) in [7, 11) is 0. The molecule has 1 N–H and O–H groups in total. The van der Waals surface area contributed by atoms with Crippen molar-refractivity contribution in [3.63, 3.8) is 0 Å². The summed E-state index contributed by atoms with van der Waals surface area (Å²) in [5.74, 6) is 0. The first-order chi connectivity index (χ1) is 8.74. The number of benzene rings is 1. The van der Waals surface area contributed by atoms with Crippen LogP contribution in [0.3, 0.4) is 0 Å². The van der Waals surface area contributed by atoms with E-state index in [9.17, 15) is 0 Å². The summed E-state index contributed by atoms with van der Waals surface area (Å²) >= 11 is 11.4. The molecule has 1 aromatic heterocycles. The number of fused-ring (bicyclic) bond motifs is 1. The lowest BCUT2D eigenvalue weighted by molar-refractivity contribution is 0.131. The minimum Gasteiger partial charge on any atom is -0.379 e. The zero-order valence-electron chi connectivity index (χ0n) is 9.99. The molecule has 0 radical (unpaired) electrons. The van der Waals surface area contributed by atoms with Crippen LogP contribution in [0.15, 0.2) is 30.9 Å². The van der Waals surface area contributed by atoms with Crippen LogP contribution >= 0.6 is 23.8 Å². The molecule has 0 bridgehead atoms. The van der Waals surface area contributed by atoms with Gasteiger partial charge in [0.05, 0.1) is 29.3 Å². The molecule has 96 valence electrons. The average molecular weight is 283 g/mol. The number of nitrogens with one attached hydrogen (secondary N) is 1. The molecular formula is C13H15ClN2OS. The predicted octanol–water partition coefficient (Wildman–Crippen LogP) is 3.94. The van der Waals surface area contributed by atoms with Gasteiger partial charge in [0.15, 0.2) is 4.77 Å². The number of hydrogen-bond donors (Lipinski definition) is 1. The van der Waals surface area contributed by atoms with Gasteiger partial charge in [-0.25, -0.2) is 0 Å². The predicted molar refractivity (Wildman–Crippen MR) is 77.8 cm³/mol. The molecule has 2 rings (SSSR count). The van der Waals surface area contributed by atoms with E-state index in [0.29, 0.717) is 23.0 Å². The molecule has 0 aliphatic heterocycles. The van der Waals surface area contributed by atoms with Gasteiger partial charge < -0.3 is 14.3 Å². The van der Waals surface area contributed by atoms with E-state index in [2.05, 4.69) is 11.6 Å². The van der Waals surface area contributed by atoms with Crippen molar-refractivity contribution in [2.75, 3.05) is 13.2 Å². The molecule has 3 nitrogen and oxygen atoms in total. The summed E-state index contributed by atoms with van der Waals surface area (Å²) in [6, 6.07) is 5.76. The normalized spacial score (nSPS) is 10.9. The number of nitrogens with zero attached hydrogens (tertiary/aromatic N) is 1. The summed E-state index contributed by atoms with van der Waals surface area (Å²) < 4.78 is 8.17. The molecule has 0 fully saturated rings. The van der Waals surface area contributed by atoms with Crippen LogP contribution in [0.5, 0.6) is 0 Å². The fraction of sp³-hybridized carbons (Fsp3) is 0.308. The summed E-state index contributed by atoms with van der Waals surface area (Å²) in [5, 5.41) is 0.685. The van der Waals surface area contributed by atoms with E-state index >= 15 is 0 Å². The highest BCUT2D eigenvalue weighted by Crippen LogP contribution is 2.22. The molecule has 0 unspecified atom stereocenters. The minimum atomic E-state index is 0.627. The van der Waals surface area contributed by atoms with Crippen molar-refractivity contribution in [2.24, 2.45) is 0 Å². The third kappa shape index (κ3) is 2.83. The van der Waals surface area contributed by atoms with Gasteiger partial charge in [-0.15, -0.1) is 6.58 Å². The van der Waals surface area contributed by atoms with Crippen molar-refractivity contribution in [1.29, 1.82) is 0 Å². The van der Waals surface area contributed by atoms with E-state index in [1.807, 2.05) is 28.8 Å². The molecule has 1 aromatic carbocycles. The maximum atomic E-state index is 6.11. The molecule has 0 aliphatic rings. The maximum absolute atomic E-state index is 6.11. The number of halogens is 1. The molecule has 0 spiro atoms. The summed E-state index contributed by atoms with van der Waals surface area (Å²) in [6.45, 7) is 5.69. The van der Waals surface area contributed by atoms with E-state index in [0.717, 1.165) is 24.0 Å². The quantitative estimate of drug-likeness (QED) is 0.494. The second-order valence-electron chi connectivity index (χ2n) is 3.91. The zero-order valence-corrected chi connectivity index (χ0v) is 11.6. The van der Waals surface area contributed by atoms with E-state index in [-0.39, 0.29) is 0 Å². The van der Waals surface area contributed by atoms with Gasteiger partial charge in [-0.3, -0.25) is 0 Å². The Hall–Kier alpha value is -1.10. The Balaban J connectivity index is 2.13. The van der Waals surface area contributed by atoms with Crippen molar-refractivity contribution in [2.45, 2.75) is 13.0 Å². The highest BCUT2D eigenvalue weighted by atomic mass is 35.5. The van der Waals surface area contributed by atoms with Gasteiger partial charge >= 0.3 is 0 Å². The topological polar surface area (TPSA) is 29.9 Å². The van der Waals surface area contributed by atoms with Gasteiger partial charge in [0.25, 0.3) is 0 Å². The third-order valence-corrected chi connectivity index (χ3v) is 3.32.